The van der Waals surface area contributed by atoms with Gasteiger partial charge in [0, 0.05) is 52.0 Å². The summed E-state index contributed by atoms with van der Waals surface area (Å²) in [5, 5.41) is 124. The second-order valence-electron chi connectivity index (χ2n) is 34.1. The van der Waals surface area contributed by atoms with Crippen molar-refractivity contribution in [3.63, 3.8) is 0 Å². The van der Waals surface area contributed by atoms with E-state index in [2.05, 4.69) is 95.7 Å². The number of amides is 18. The highest BCUT2D eigenvalue weighted by atomic mass is 16.4. The number of primary amides is 3. The molecule has 1 saturated heterocycles. The standard InChI is InChI=1S/C85H135N31O26/c1-41(2)31-51(108-73(133)52(32-42(3)4)107-68(128)48(17-10-28-100-84(94)95)105-78(138)59(40-117)115-67(127)46(102-64(122)39-86)15-8-26-98-82(90)91)72(132)106-50(24-25-65(123)124)71(131)112-56(38-66(125)126)77(137)109-53(33-43-13-6-5-7-14-43)74(134)103-47(16-9-27-99-83(92)93)69(129)110-55(36-62(88)120)76(136)111-54(35-61(87)119)75(135)104-49(18-11-29-101-85(96)97)70(130)113-57(34-44-20-22-45(118)23-21-44)80(140)116-30-12-19-60(116)79(139)114-58(81(141)142)37-63(89)121/h5-7,13-14,20-23,41-42,46-60,117-118H,8-12,15-19,24-40,86H2,1-4H3,(H2,87,119)(H2,88,120)(H2,89,121)(H,102,122)(H,103,134)(H,104,135)(H,105,138)(H,106,132)(H,107,128)(H,108,133)(H,109,137)(H,110,129)(H,111,136)(H,112,131)(H,113,130)(H,114,139)(H,115,127)(H,123,124)(H,125,126)(H,141,142)(H4,90,91,98)(H4,92,93,99)(H4,94,95,100)(H4,96,97,101)/t46-,47-,48-,49-,50-,51-,52-,53-,54-,55-,56-,57-,58-,59-,60-/m0/s1. The van der Waals surface area contributed by atoms with E-state index in [1.807, 2.05) is 0 Å². The second-order valence-corrected chi connectivity index (χ2v) is 34.1. The van der Waals surface area contributed by atoms with Crippen molar-refractivity contribution in [3.8, 4) is 5.75 Å². The zero-order valence-corrected chi connectivity index (χ0v) is 79.0. The first-order chi connectivity index (χ1) is 66.8. The van der Waals surface area contributed by atoms with E-state index in [9.17, 15) is 121 Å². The molecule has 142 heavy (non-hydrogen) atoms. The molecule has 1 aliphatic rings. The summed E-state index contributed by atoms with van der Waals surface area (Å²) in [5.41, 5.74) is 44.3. The average molecular weight is 2010 g/mol. The van der Waals surface area contributed by atoms with Crippen LogP contribution in [0.3, 0.4) is 0 Å². The van der Waals surface area contributed by atoms with Crippen LogP contribution in [0.15, 0.2) is 54.6 Å². The van der Waals surface area contributed by atoms with Crippen molar-refractivity contribution >= 4 is 148 Å². The van der Waals surface area contributed by atoms with E-state index in [1.165, 1.54) is 48.5 Å². The van der Waals surface area contributed by atoms with Crippen LogP contribution < -0.4 is 142 Å². The topological polar surface area (TPSA) is 983 Å². The highest BCUT2D eigenvalue weighted by Crippen LogP contribution is 2.23. The van der Waals surface area contributed by atoms with Crippen LogP contribution in [0.4, 0.5) is 0 Å². The fourth-order valence-electron chi connectivity index (χ4n) is 14.4. The number of nitrogens with one attached hydrogen (secondary N) is 22. The van der Waals surface area contributed by atoms with Gasteiger partial charge in [-0.05, 0) is 119 Å². The van der Waals surface area contributed by atoms with Crippen LogP contribution in [0.25, 0.3) is 0 Å². The van der Waals surface area contributed by atoms with Crippen LogP contribution >= 0.6 is 0 Å². The van der Waals surface area contributed by atoms with Crippen molar-refractivity contribution < 1.29 is 126 Å². The molecule has 2 aromatic carbocycles. The summed E-state index contributed by atoms with van der Waals surface area (Å²) in [7, 11) is 0. The number of phenolic OH excluding ortho intramolecular Hbond substituents is 1. The number of benzene rings is 2. The molecular weight excluding hydrogens is 1870 g/mol. The molecule has 18 amide bonds. The van der Waals surface area contributed by atoms with E-state index in [0.29, 0.717) is 5.56 Å². The number of hydrogen-bond donors (Lipinski definition) is 35. The number of carboxylic acids is 3. The molecule has 0 aromatic heterocycles. The lowest BCUT2D eigenvalue weighted by atomic mass is 9.99. The predicted octanol–water partition coefficient (Wildman–Crippen LogP) is -11.9. The molecular formula is C85H135N31O26. The molecule has 1 heterocycles. The van der Waals surface area contributed by atoms with Crippen LogP contribution in [0.5, 0.6) is 5.75 Å². The third kappa shape index (κ3) is 46.5. The van der Waals surface area contributed by atoms with Crippen LogP contribution in [0, 0.1) is 33.5 Å². The number of guanidine groups is 4. The molecule has 0 saturated carbocycles. The zero-order valence-electron chi connectivity index (χ0n) is 79.0. The molecule has 1 fully saturated rings. The maximum Gasteiger partial charge on any atom is 0.326 e. The van der Waals surface area contributed by atoms with Crippen LogP contribution in [-0.4, -0.2) is 315 Å². The minimum Gasteiger partial charge on any atom is -0.508 e. The Balaban J connectivity index is 2.08. The number of rotatable bonds is 66. The van der Waals surface area contributed by atoms with Gasteiger partial charge in [0.1, 0.15) is 96.4 Å². The number of aliphatic hydroxyl groups is 1. The van der Waals surface area contributed by atoms with Crippen molar-refractivity contribution in [1.82, 2.24) is 101 Å². The summed E-state index contributed by atoms with van der Waals surface area (Å²) in [6.45, 7) is 4.49. The number of carbonyl (C=O) groups is 21. The van der Waals surface area contributed by atoms with Crippen LogP contribution in [0.1, 0.15) is 154 Å². The Hall–Kier alpha value is -15.9. The number of hydrogen-bond acceptors (Lipinski definition) is 28. The first-order valence-electron chi connectivity index (χ1n) is 45.3. The zero-order chi connectivity index (χ0) is 107. The number of likely N-dealkylation sites (tertiary alicyclic amines) is 1. The minimum absolute atomic E-state index is 0.00179. The van der Waals surface area contributed by atoms with Crippen LogP contribution in [0.2, 0.25) is 0 Å². The fraction of sp³-hybridized carbons (Fsp3) is 0.565. The molecule has 2 aromatic rings. The minimum atomic E-state index is -2.24. The van der Waals surface area contributed by atoms with Gasteiger partial charge < -0.3 is 172 Å². The molecule has 0 aliphatic carbocycles. The van der Waals surface area contributed by atoms with Gasteiger partial charge in [-0.1, -0.05) is 70.2 Å². The Labute approximate surface area is 815 Å². The Morgan fingerprint density at radius 1 is 0.366 bits per heavy atom. The lowest BCUT2D eigenvalue weighted by Gasteiger charge is -2.31. The number of carboxylic acid groups (broad SMARTS) is 3. The summed E-state index contributed by atoms with van der Waals surface area (Å²) in [4.78, 5) is 291. The largest absolute Gasteiger partial charge is 0.508 e. The van der Waals surface area contributed by atoms with Gasteiger partial charge in [-0.15, -0.1) is 0 Å². The highest BCUT2D eigenvalue weighted by Gasteiger charge is 2.43. The van der Waals surface area contributed by atoms with E-state index in [4.69, 9.17) is 67.5 Å². The number of nitrogens with zero attached hydrogens (tertiary/aromatic N) is 1. The first kappa shape index (κ1) is 120. The van der Waals surface area contributed by atoms with E-state index in [1.54, 1.807) is 33.8 Å². The predicted molar refractivity (Wildman–Crippen MR) is 504 cm³/mol. The molecule has 786 valence electrons. The molecule has 43 N–H and O–H groups in total. The Morgan fingerprint density at radius 2 is 0.676 bits per heavy atom. The summed E-state index contributed by atoms with van der Waals surface area (Å²) in [6, 6.07) is -14.1. The van der Waals surface area contributed by atoms with Gasteiger partial charge in [-0.3, -0.25) is 118 Å². The maximum absolute atomic E-state index is 15.0. The lowest BCUT2D eigenvalue weighted by Crippen LogP contribution is -2.62. The Kier molecular flexibility index (Phi) is 52.6. The van der Waals surface area contributed by atoms with Gasteiger partial charge in [-0.2, -0.15) is 0 Å². The van der Waals surface area contributed by atoms with Crippen molar-refractivity contribution in [3.05, 3.63) is 65.7 Å². The molecule has 3 rings (SSSR count). The quantitative estimate of drug-likeness (QED) is 0.0166. The number of aromatic hydroxyl groups is 1. The van der Waals surface area contributed by atoms with Crippen LogP contribution in [-0.2, 0) is 114 Å². The summed E-state index contributed by atoms with van der Waals surface area (Å²) >= 11 is 0. The normalized spacial score (nSPS) is 15.0. The van der Waals surface area contributed by atoms with Gasteiger partial charge in [-0.25, -0.2) is 4.79 Å². The highest BCUT2D eigenvalue weighted by molar-refractivity contribution is 6.03. The number of aliphatic carboxylic acids is 3. The Bertz CT molecular complexity index is 4760. The molecule has 15 atom stereocenters. The summed E-state index contributed by atoms with van der Waals surface area (Å²) in [6.07, 6.45) is -8.60. The second kappa shape index (κ2) is 62.1. The molecule has 57 nitrogen and oxygen atoms in total. The van der Waals surface area contributed by atoms with Crippen molar-refractivity contribution in [1.29, 1.82) is 21.6 Å². The molecule has 1 aliphatic heterocycles. The maximum atomic E-state index is 15.0. The van der Waals surface area contributed by atoms with Gasteiger partial charge in [0.2, 0.25) is 106 Å². The van der Waals surface area contributed by atoms with Gasteiger partial charge in [0.15, 0.2) is 23.8 Å². The van der Waals surface area contributed by atoms with E-state index in [-0.39, 0.29) is 121 Å². The lowest BCUT2D eigenvalue weighted by molar-refractivity contribution is -0.146. The van der Waals surface area contributed by atoms with E-state index in [0.717, 1.165) is 4.90 Å². The summed E-state index contributed by atoms with van der Waals surface area (Å²) in [5.74, 6) is -29.2. The van der Waals surface area contributed by atoms with E-state index >= 15 is 4.79 Å². The van der Waals surface area contributed by atoms with Gasteiger partial charge in [0.25, 0.3) is 0 Å². The number of carbonyl (C=O) groups excluding carboxylic acids is 18. The van der Waals surface area contributed by atoms with E-state index < -0.39 is 316 Å². The molecule has 0 bridgehead atoms. The van der Waals surface area contributed by atoms with Crippen molar-refractivity contribution in [2.24, 2.45) is 57.7 Å². The average Bonchev–Trinajstić information content (AvgIpc) is 1.65. The SMILES string of the molecule is CC(C)C[C@H](NC(=O)[C@H](CCCNC(=N)N)NC(=O)[C@H](CO)NC(=O)[C@H](CCCNC(=N)N)NC(=O)CN)C(=O)N[C@@H](CC(C)C)C(=O)N[C@@H](CCC(=O)O)C(=O)N[C@@H](CC(=O)O)C(=O)N[C@@H](Cc1ccccc1)C(=O)N[C@@H](CCCNC(=N)N)C(=O)N[C@@H](CC(N)=O)C(=O)N[C@@H](CC(N)=O)C(=O)N[C@@H](CCCNC(=N)N)C(=O)N[C@@H](Cc1ccc(O)cc1)C(=O)N1CCC[C@H]1C(=O)N[C@@H](CC(N)=O)C(=O)O. The monoisotopic (exact) mass is 2010 g/mol. The van der Waals surface area contributed by atoms with Gasteiger partial charge in [0.05, 0.1) is 38.8 Å². The first-order valence-corrected chi connectivity index (χ1v) is 45.3. The number of nitrogens with two attached hydrogens (primary N) is 8. The third-order valence-corrected chi connectivity index (χ3v) is 21.3. The molecule has 0 unspecified atom stereocenters. The van der Waals surface area contributed by atoms with Gasteiger partial charge >= 0.3 is 17.9 Å². The Morgan fingerprint density at radius 3 is 1.04 bits per heavy atom. The fourth-order valence-corrected chi connectivity index (χ4v) is 14.4. The third-order valence-electron chi connectivity index (χ3n) is 21.3. The molecule has 0 spiro atoms. The molecule has 57 heteroatoms. The number of aliphatic hydroxyl groups excluding tert-OH is 1. The summed E-state index contributed by atoms with van der Waals surface area (Å²) < 4.78 is 0. The number of phenols is 1. The smallest absolute Gasteiger partial charge is 0.326 e. The molecule has 0 radical (unpaired) electrons. The van der Waals surface area contributed by atoms with Crippen molar-refractivity contribution in [2.75, 3.05) is 45.9 Å². The van der Waals surface area contributed by atoms with Crippen molar-refractivity contribution in [2.45, 2.75) is 247 Å².